The standard InChI is InChI=1S/C16H25NO2/c1-10-7-11-8-13-12-3-2-5-17-6-4-14(18)16(11,19-13)15(12,17)9-10/h10-14,18H,2-9H2,1H3/t10-,11+,12+,13+,14-,15+,16+/m1/s1. The summed E-state index contributed by atoms with van der Waals surface area (Å²) in [4.78, 5) is 2.75. The van der Waals surface area contributed by atoms with E-state index in [-0.39, 0.29) is 17.2 Å². The number of nitrogens with zero attached hydrogens (tertiary/aromatic N) is 1. The molecule has 1 N–H and O–H groups in total. The van der Waals surface area contributed by atoms with E-state index in [9.17, 15) is 5.11 Å². The molecule has 7 atom stereocenters. The number of fused-ring (bicyclic) bond motifs is 2. The van der Waals surface area contributed by atoms with Crippen molar-refractivity contribution in [1.29, 1.82) is 0 Å². The van der Waals surface area contributed by atoms with Crippen molar-refractivity contribution in [2.24, 2.45) is 17.8 Å². The van der Waals surface area contributed by atoms with Gasteiger partial charge in [-0.05, 0) is 56.9 Å². The van der Waals surface area contributed by atoms with Crippen LogP contribution in [0, 0.1) is 17.8 Å². The Bertz CT molecular complexity index is 427. The van der Waals surface area contributed by atoms with Crippen LogP contribution in [0.2, 0.25) is 0 Å². The Labute approximate surface area is 115 Å². The molecule has 1 aliphatic carbocycles. The minimum Gasteiger partial charge on any atom is -0.390 e. The normalized spacial score (nSPS) is 63.2. The van der Waals surface area contributed by atoms with Crippen LogP contribution in [0.25, 0.3) is 0 Å². The molecule has 4 aliphatic heterocycles. The molecule has 4 saturated heterocycles. The minimum atomic E-state index is -0.214. The summed E-state index contributed by atoms with van der Waals surface area (Å²) < 4.78 is 6.60. The lowest BCUT2D eigenvalue weighted by Crippen LogP contribution is -2.78. The topological polar surface area (TPSA) is 32.7 Å². The van der Waals surface area contributed by atoms with Crippen molar-refractivity contribution in [3.63, 3.8) is 0 Å². The van der Waals surface area contributed by atoms with Crippen LogP contribution in [0.1, 0.15) is 45.4 Å². The lowest BCUT2D eigenvalue weighted by atomic mass is 9.48. The summed E-state index contributed by atoms with van der Waals surface area (Å²) in [5.41, 5.74) is 0.0156. The minimum absolute atomic E-state index is 0.187. The molecule has 106 valence electrons. The van der Waals surface area contributed by atoms with Crippen LogP contribution in [0.4, 0.5) is 0 Å². The number of rotatable bonds is 0. The first kappa shape index (κ1) is 11.5. The maximum absolute atomic E-state index is 10.8. The van der Waals surface area contributed by atoms with Crippen LogP contribution in [0.5, 0.6) is 0 Å². The fourth-order valence-electron chi connectivity index (χ4n) is 7.01. The summed E-state index contributed by atoms with van der Waals surface area (Å²) in [6.07, 6.45) is 7.58. The molecular weight excluding hydrogens is 238 g/mol. The third kappa shape index (κ3) is 1.04. The second kappa shape index (κ2) is 3.37. The molecule has 5 fully saturated rings. The quantitative estimate of drug-likeness (QED) is 0.723. The zero-order chi connectivity index (χ0) is 12.8. The molecule has 0 amide bonds. The highest BCUT2D eigenvalue weighted by atomic mass is 16.5. The summed E-state index contributed by atoms with van der Waals surface area (Å²) in [5.74, 6) is 2.12. The van der Waals surface area contributed by atoms with Gasteiger partial charge in [-0.3, -0.25) is 4.90 Å². The van der Waals surface area contributed by atoms with E-state index in [1.807, 2.05) is 0 Å². The summed E-state index contributed by atoms with van der Waals surface area (Å²) in [7, 11) is 0. The summed E-state index contributed by atoms with van der Waals surface area (Å²) in [6.45, 7) is 4.75. The second-order valence-corrected chi connectivity index (χ2v) is 7.89. The predicted molar refractivity (Wildman–Crippen MR) is 71.8 cm³/mol. The molecule has 3 heteroatoms. The molecule has 0 unspecified atom stereocenters. The number of hydrogen-bond acceptors (Lipinski definition) is 3. The second-order valence-electron chi connectivity index (χ2n) is 7.89. The molecule has 0 radical (unpaired) electrons. The van der Waals surface area contributed by atoms with Gasteiger partial charge in [-0.15, -0.1) is 0 Å². The number of ether oxygens (including phenoxy) is 1. The van der Waals surface area contributed by atoms with Gasteiger partial charge < -0.3 is 9.84 Å². The monoisotopic (exact) mass is 263 g/mol. The Morgan fingerprint density at radius 1 is 1.21 bits per heavy atom. The van der Waals surface area contributed by atoms with Crippen molar-refractivity contribution in [2.45, 2.75) is 68.8 Å². The summed E-state index contributed by atoms with van der Waals surface area (Å²) in [5, 5.41) is 10.8. The first-order chi connectivity index (χ1) is 9.18. The van der Waals surface area contributed by atoms with Gasteiger partial charge in [0.05, 0.1) is 17.7 Å². The molecule has 5 aliphatic rings. The highest BCUT2D eigenvalue weighted by Gasteiger charge is 2.79. The summed E-state index contributed by atoms with van der Waals surface area (Å²) >= 11 is 0. The van der Waals surface area contributed by atoms with Gasteiger partial charge >= 0.3 is 0 Å². The lowest BCUT2D eigenvalue weighted by molar-refractivity contribution is -0.228. The van der Waals surface area contributed by atoms with Gasteiger partial charge in [-0.25, -0.2) is 0 Å². The summed E-state index contributed by atoms with van der Waals surface area (Å²) in [6, 6.07) is 0. The van der Waals surface area contributed by atoms with Crippen molar-refractivity contribution in [2.75, 3.05) is 13.1 Å². The van der Waals surface area contributed by atoms with E-state index in [0.29, 0.717) is 17.9 Å². The Balaban J connectivity index is 1.73. The zero-order valence-corrected chi connectivity index (χ0v) is 11.8. The van der Waals surface area contributed by atoms with Gasteiger partial charge in [0.1, 0.15) is 5.60 Å². The predicted octanol–water partition coefficient (Wildman–Crippen LogP) is 1.79. The van der Waals surface area contributed by atoms with Crippen molar-refractivity contribution in [1.82, 2.24) is 4.90 Å². The van der Waals surface area contributed by atoms with Crippen LogP contribution in [0.15, 0.2) is 0 Å². The third-order valence-corrected chi connectivity index (χ3v) is 7.23. The lowest BCUT2D eigenvalue weighted by Gasteiger charge is -2.66. The molecule has 4 heterocycles. The molecule has 5 rings (SSSR count). The Morgan fingerprint density at radius 2 is 2.11 bits per heavy atom. The Hall–Kier alpha value is -0.120. The van der Waals surface area contributed by atoms with Gasteiger partial charge in [0.15, 0.2) is 0 Å². The number of aliphatic hydroxyl groups is 1. The average molecular weight is 263 g/mol. The molecule has 19 heavy (non-hydrogen) atoms. The molecular formula is C16H25NO2. The fraction of sp³-hybridized carbons (Fsp3) is 1.00. The molecule has 0 aromatic carbocycles. The van der Waals surface area contributed by atoms with Crippen LogP contribution >= 0.6 is 0 Å². The van der Waals surface area contributed by atoms with E-state index in [1.165, 1.54) is 38.6 Å². The largest absolute Gasteiger partial charge is 0.390 e. The molecule has 2 spiro atoms. The van der Waals surface area contributed by atoms with Crippen molar-refractivity contribution >= 4 is 0 Å². The SMILES string of the molecule is C[C@@H]1C[C@H]2C[C@@H]3O[C@]24[C@H](O)CCN2CCC[C@@H]3[C@]24C1. The fourth-order valence-corrected chi connectivity index (χ4v) is 7.01. The zero-order valence-electron chi connectivity index (χ0n) is 11.8. The number of piperidine rings is 2. The first-order valence-electron chi connectivity index (χ1n) is 8.29. The van der Waals surface area contributed by atoms with E-state index in [1.54, 1.807) is 0 Å². The van der Waals surface area contributed by atoms with Gasteiger partial charge in [0.2, 0.25) is 0 Å². The van der Waals surface area contributed by atoms with E-state index >= 15 is 0 Å². The van der Waals surface area contributed by atoms with Gasteiger partial charge in [0.25, 0.3) is 0 Å². The van der Waals surface area contributed by atoms with Crippen LogP contribution in [-0.2, 0) is 4.74 Å². The molecule has 1 saturated carbocycles. The highest BCUT2D eigenvalue weighted by Crippen LogP contribution is 2.69. The molecule has 3 nitrogen and oxygen atoms in total. The number of hydrogen-bond donors (Lipinski definition) is 1. The first-order valence-corrected chi connectivity index (χ1v) is 8.29. The third-order valence-electron chi connectivity index (χ3n) is 7.23. The number of aliphatic hydroxyl groups excluding tert-OH is 1. The molecule has 0 aromatic rings. The van der Waals surface area contributed by atoms with Gasteiger partial charge in [-0.1, -0.05) is 6.92 Å². The average Bonchev–Trinajstić information content (AvgIpc) is 2.88. The Kier molecular flexibility index (Phi) is 2.05. The van der Waals surface area contributed by atoms with Crippen molar-refractivity contribution in [3.05, 3.63) is 0 Å². The van der Waals surface area contributed by atoms with Crippen molar-refractivity contribution in [3.8, 4) is 0 Å². The van der Waals surface area contributed by atoms with Gasteiger partial charge in [-0.2, -0.15) is 0 Å². The smallest absolute Gasteiger partial charge is 0.116 e. The van der Waals surface area contributed by atoms with Crippen LogP contribution in [0.3, 0.4) is 0 Å². The van der Waals surface area contributed by atoms with E-state index < -0.39 is 0 Å². The van der Waals surface area contributed by atoms with Crippen LogP contribution < -0.4 is 0 Å². The van der Waals surface area contributed by atoms with Gasteiger partial charge in [0, 0.05) is 12.5 Å². The van der Waals surface area contributed by atoms with Crippen LogP contribution in [-0.4, -0.2) is 46.4 Å². The van der Waals surface area contributed by atoms with Crippen molar-refractivity contribution < 1.29 is 9.84 Å². The van der Waals surface area contributed by atoms with E-state index in [4.69, 9.17) is 4.74 Å². The molecule has 0 aromatic heterocycles. The maximum atomic E-state index is 10.8. The van der Waals surface area contributed by atoms with E-state index in [2.05, 4.69) is 11.8 Å². The highest BCUT2D eigenvalue weighted by molar-refractivity contribution is 5.30. The molecule has 2 bridgehead atoms. The maximum Gasteiger partial charge on any atom is 0.116 e. The van der Waals surface area contributed by atoms with E-state index in [0.717, 1.165) is 18.9 Å². The Morgan fingerprint density at radius 3 is 3.00 bits per heavy atom.